The molecule has 0 unspecified atom stereocenters. The lowest BCUT2D eigenvalue weighted by Gasteiger charge is -2.21. The highest BCUT2D eigenvalue weighted by atomic mass is 19.1. The summed E-state index contributed by atoms with van der Waals surface area (Å²) in [6.07, 6.45) is 1.08. The van der Waals surface area contributed by atoms with Crippen LogP contribution in [0.1, 0.15) is 11.1 Å². The summed E-state index contributed by atoms with van der Waals surface area (Å²) in [5.41, 5.74) is 3.18. The lowest BCUT2D eigenvalue weighted by molar-refractivity contribution is 0.626. The van der Waals surface area contributed by atoms with E-state index in [4.69, 9.17) is 10.8 Å². The van der Waals surface area contributed by atoms with Gasteiger partial charge in [0.25, 0.3) is 0 Å². The molecule has 6 heteroatoms. The van der Waals surface area contributed by atoms with Crippen LogP contribution in [0.5, 0.6) is 0 Å². The Kier molecular flexibility index (Phi) is 3.89. The number of fused-ring (bicyclic) bond motifs is 1. The quantitative estimate of drug-likeness (QED) is 0.572. The van der Waals surface area contributed by atoms with Crippen molar-refractivity contribution < 1.29 is 4.39 Å². The van der Waals surface area contributed by atoms with Gasteiger partial charge in [0.05, 0.1) is 11.9 Å². The van der Waals surface area contributed by atoms with Crippen molar-refractivity contribution in [2.75, 3.05) is 11.9 Å². The maximum absolute atomic E-state index is 13.8. The predicted molar refractivity (Wildman–Crippen MR) is 93.7 cm³/mol. The maximum Gasteiger partial charge on any atom is 0.229 e. The first-order valence-electron chi connectivity index (χ1n) is 7.49. The van der Waals surface area contributed by atoms with E-state index in [1.165, 1.54) is 16.7 Å². The van der Waals surface area contributed by atoms with Crippen molar-refractivity contribution in [2.45, 2.75) is 13.8 Å². The Morgan fingerprint density at radius 2 is 1.88 bits per heavy atom. The number of anilines is 2. The molecule has 2 aromatic carbocycles. The molecule has 0 saturated carbocycles. The standard InChI is InChI=1S/C18H18FN5/c1-11-4-5-15-16(8-11)24(10-20)18(21)22-17(15)23(3)14-7-12(2)6-13(19)9-14/h4-10,20-21H,1-3H3. The highest BCUT2D eigenvalue weighted by Gasteiger charge is 2.14. The Morgan fingerprint density at radius 1 is 1.12 bits per heavy atom. The van der Waals surface area contributed by atoms with Crippen LogP contribution < -0.4 is 10.5 Å². The van der Waals surface area contributed by atoms with Crippen LogP contribution in [-0.4, -0.2) is 22.9 Å². The van der Waals surface area contributed by atoms with E-state index in [0.29, 0.717) is 11.5 Å². The lowest BCUT2D eigenvalue weighted by Crippen LogP contribution is -2.26. The van der Waals surface area contributed by atoms with E-state index in [1.807, 2.05) is 38.1 Å². The van der Waals surface area contributed by atoms with E-state index in [0.717, 1.165) is 28.4 Å². The monoisotopic (exact) mass is 323 g/mol. The molecule has 0 aliphatic rings. The van der Waals surface area contributed by atoms with Gasteiger partial charge in [-0.15, -0.1) is 0 Å². The smallest absolute Gasteiger partial charge is 0.229 e. The molecule has 0 atom stereocenters. The number of rotatable bonds is 3. The summed E-state index contributed by atoms with van der Waals surface area (Å²) in [6, 6.07) is 10.6. The van der Waals surface area contributed by atoms with Crippen LogP contribution >= 0.6 is 0 Å². The molecule has 5 nitrogen and oxygen atoms in total. The molecule has 1 heterocycles. The molecule has 0 spiro atoms. The van der Waals surface area contributed by atoms with Gasteiger partial charge in [-0.1, -0.05) is 6.07 Å². The average Bonchev–Trinajstić information content (AvgIpc) is 2.52. The van der Waals surface area contributed by atoms with Crippen LogP contribution in [0.15, 0.2) is 36.4 Å². The summed E-state index contributed by atoms with van der Waals surface area (Å²) in [5, 5.41) is 16.5. The molecule has 0 fully saturated rings. The molecular weight excluding hydrogens is 305 g/mol. The van der Waals surface area contributed by atoms with Gasteiger partial charge < -0.3 is 4.90 Å². The second-order valence-electron chi connectivity index (χ2n) is 5.82. The Bertz CT molecular complexity index is 986. The van der Waals surface area contributed by atoms with Crippen molar-refractivity contribution in [1.82, 2.24) is 9.55 Å². The number of aromatic nitrogens is 2. The SMILES string of the molecule is Cc1cc(F)cc(N(C)c2nc(=N)n(C=N)c3cc(C)ccc23)c1. The first-order chi connectivity index (χ1) is 11.4. The van der Waals surface area contributed by atoms with E-state index < -0.39 is 0 Å². The number of benzene rings is 2. The summed E-state index contributed by atoms with van der Waals surface area (Å²) in [5.74, 6) is 0.242. The zero-order chi connectivity index (χ0) is 17.4. The van der Waals surface area contributed by atoms with Gasteiger partial charge in [-0.2, -0.15) is 4.98 Å². The second kappa shape index (κ2) is 5.88. The van der Waals surface area contributed by atoms with Gasteiger partial charge in [-0.05, 0) is 55.3 Å². The van der Waals surface area contributed by atoms with Gasteiger partial charge in [0.15, 0.2) is 0 Å². The first kappa shape index (κ1) is 15.9. The van der Waals surface area contributed by atoms with Crippen molar-refractivity contribution in [2.24, 2.45) is 0 Å². The van der Waals surface area contributed by atoms with Crippen molar-refractivity contribution >= 4 is 28.7 Å². The molecule has 0 radical (unpaired) electrons. The largest absolute Gasteiger partial charge is 0.329 e. The fourth-order valence-corrected chi connectivity index (χ4v) is 2.78. The molecule has 0 aliphatic carbocycles. The molecule has 1 aromatic heterocycles. The van der Waals surface area contributed by atoms with E-state index >= 15 is 0 Å². The predicted octanol–water partition coefficient (Wildman–Crippen LogP) is 3.49. The van der Waals surface area contributed by atoms with Gasteiger partial charge in [-0.25, -0.2) is 4.39 Å². The summed E-state index contributed by atoms with van der Waals surface area (Å²) in [6.45, 7) is 3.79. The van der Waals surface area contributed by atoms with Crippen LogP contribution in [0, 0.1) is 30.5 Å². The summed E-state index contributed by atoms with van der Waals surface area (Å²) in [4.78, 5) is 6.08. The number of aryl methyl sites for hydroxylation is 2. The van der Waals surface area contributed by atoms with E-state index in [2.05, 4.69) is 4.98 Å². The molecular formula is C18H18FN5. The zero-order valence-electron chi connectivity index (χ0n) is 13.8. The van der Waals surface area contributed by atoms with Gasteiger partial charge in [0.1, 0.15) is 11.6 Å². The Hall–Kier alpha value is -3.02. The number of nitrogens with one attached hydrogen (secondary N) is 2. The van der Waals surface area contributed by atoms with E-state index in [9.17, 15) is 4.39 Å². The zero-order valence-corrected chi connectivity index (χ0v) is 13.8. The summed E-state index contributed by atoms with van der Waals surface area (Å²) < 4.78 is 15.2. The number of hydrogen-bond donors (Lipinski definition) is 2. The molecule has 0 amide bonds. The van der Waals surface area contributed by atoms with Crippen molar-refractivity contribution in [3.63, 3.8) is 0 Å². The second-order valence-corrected chi connectivity index (χ2v) is 5.82. The molecule has 3 aromatic rings. The average molecular weight is 323 g/mol. The lowest BCUT2D eigenvalue weighted by atomic mass is 10.1. The van der Waals surface area contributed by atoms with Crippen LogP contribution in [-0.2, 0) is 0 Å². The first-order valence-corrected chi connectivity index (χ1v) is 7.49. The molecule has 3 rings (SSSR count). The highest BCUT2D eigenvalue weighted by Crippen LogP contribution is 2.29. The highest BCUT2D eigenvalue weighted by molar-refractivity contribution is 5.94. The summed E-state index contributed by atoms with van der Waals surface area (Å²) in [7, 11) is 1.80. The van der Waals surface area contributed by atoms with E-state index in [-0.39, 0.29) is 11.4 Å². The van der Waals surface area contributed by atoms with Crippen LogP contribution in [0.3, 0.4) is 0 Å². The van der Waals surface area contributed by atoms with Gasteiger partial charge in [0.2, 0.25) is 5.62 Å². The van der Waals surface area contributed by atoms with Gasteiger partial charge in [-0.3, -0.25) is 15.4 Å². The fourth-order valence-electron chi connectivity index (χ4n) is 2.78. The topological polar surface area (TPSA) is 68.8 Å². The normalized spacial score (nSPS) is 10.8. The van der Waals surface area contributed by atoms with Crippen molar-refractivity contribution in [3.05, 3.63) is 59.0 Å². The molecule has 24 heavy (non-hydrogen) atoms. The third-order valence-corrected chi connectivity index (χ3v) is 3.95. The Morgan fingerprint density at radius 3 is 2.54 bits per heavy atom. The minimum atomic E-state index is -0.311. The maximum atomic E-state index is 13.8. The van der Waals surface area contributed by atoms with Crippen LogP contribution in [0.25, 0.3) is 10.9 Å². The molecule has 2 N–H and O–H groups in total. The number of halogens is 1. The van der Waals surface area contributed by atoms with Crippen LogP contribution in [0.2, 0.25) is 0 Å². The van der Waals surface area contributed by atoms with Crippen LogP contribution in [0.4, 0.5) is 15.9 Å². The minimum Gasteiger partial charge on any atom is -0.329 e. The molecule has 0 aliphatic heterocycles. The number of nitrogens with zero attached hydrogens (tertiary/aromatic N) is 3. The van der Waals surface area contributed by atoms with Crippen molar-refractivity contribution in [3.8, 4) is 0 Å². The number of hydrogen-bond acceptors (Lipinski definition) is 4. The van der Waals surface area contributed by atoms with Gasteiger partial charge in [0, 0.05) is 18.1 Å². The Labute approximate surface area is 139 Å². The summed E-state index contributed by atoms with van der Waals surface area (Å²) >= 11 is 0. The molecule has 0 bridgehead atoms. The van der Waals surface area contributed by atoms with Crippen molar-refractivity contribution in [1.29, 1.82) is 10.8 Å². The fraction of sp³-hybridized carbons (Fsp3) is 0.167. The Balaban J connectivity index is 2.30. The minimum absolute atomic E-state index is 0.0434. The van der Waals surface area contributed by atoms with E-state index in [1.54, 1.807) is 11.9 Å². The third-order valence-electron chi connectivity index (χ3n) is 3.95. The third kappa shape index (κ3) is 2.67. The molecule has 0 saturated heterocycles. The molecule has 122 valence electrons. The van der Waals surface area contributed by atoms with Gasteiger partial charge >= 0.3 is 0 Å².